The topological polar surface area (TPSA) is 94.1 Å². The highest BCUT2D eigenvalue weighted by atomic mass is 32.2. The summed E-state index contributed by atoms with van der Waals surface area (Å²) in [6, 6.07) is 6.33. The van der Waals surface area contributed by atoms with Gasteiger partial charge in [-0.3, -0.25) is 29.1 Å². The molecule has 0 radical (unpaired) electrons. The number of aromatic nitrogens is 2. The summed E-state index contributed by atoms with van der Waals surface area (Å²) in [7, 11) is 0. The van der Waals surface area contributed by atoms with Crippen molar-refractivity contribution in [1.29, 1.82) is 0 Å². The first kappa shape index (κ1) is 21.7. The molecule has 0 spiro atoms. The van der Waals surface area contributed by atoms with Crippen molar-refractivity contribution in [3.63, 3.8) is 0 Å². The molecule has 0 atom stereocenters. The standard InChI is InChI=1S/C20H18N2O4S2/c1-13(23)11-27-20(28-12-14(2)24)17(18(25)15-5-3-7-21-9-15)19(26)16-6-4-8-22-10-16/h3-10H,11-12H2,1-2H3. The quantitative estimate of drug-likeness (QED) is 0.253. The fourth-order valence-electron chi connectivity index (χ4n) is 2.09. The van der Waals surface area contributed by atoms with Crippen molar-refractivity contribution in [2.75, 3.05) is 11.5 Å². The van der Waals surface area contributed by atoms with Crippen LogP contribution in [0.25, 0.3) is 0 Å². The second-order valence-corrected chi connectivity index (χ2v) is 8.02. The highest BCUT2D eigenvalue weighted by Gasteiger charge is 2.27. The highest BCUT2D eigenvalue weighted by molar-refractivity contribution is 8.22. The molecule has 0 bridgehead atoms. The van der Waals surface area contributed by atoms with Crippen LogP contribution in [0.1, 0.15) is 34.6 Å². The molecule has 2 aromatic heterocycles. The van der Waals surface area contributed by atoms with Gasteiger partial charge in [0, 0.05) is 35.9 Å². The molecule has 0 aliphatic rings. The molecule has 2 rings (SSSR count). The van der Waals surface area contributed by atoms with Crippen LogP contribution >= 0.6 is 23.5 Å². The third-order valence-corrected chi connectivity index (χ3v) is 6.06. The molecule has 2 aromatic rings. The Balaban J connectivity index is 2.57. The van der Waals surface area contributed by atoms with E-state index >= 15 is 0 Å². The van der Waals surface area contributed by atoms with Crippen molar-refractivity contribution < 1.29 is 19.2 Å². The van der Waals surface area contributed by atoms with E-state index in [1.54, 1.807) is 24.3 Å². The van der Waals surface area contributed by atoms with E-state index in [1.807, 2.05) is 0 Å². The highest BCUT2D eigenvalue weighted by Crippen LogP contribution is 2.34. The van der Waals surface area contributed by atoms with E-state index in [1.165, 1.54) is 38.6 Å². The van der Waals surface area contributed by atoms with Gasteiger partial charge in [-0.05, 0) is 38.1 Å². The molecular weight excluding hydrogens is 396 g/mol. The Morgan fingerprint density at radius 1 is 0.786 bits per heavy atom. The zero-order valence-electron chi connectivity index (χ0n) is 15.4. The summed E-state index contributed by atoms with van der Waals surface area (Å²) in [5.74, 6) is -1.05. The summed E-state index contributed by atoms with van der Waals surface area (Å²) in [6.07, 6.45) is 5.81. The van der Waals surface area contributed by atoms with Crippen LogP contribution in [0.3, 0.4) is 0 Å². The number of pyridine rings is 2. The van der Waals surface area contributed by atoms with Crippen molar-refractivity contribution in [3.05, 3.63) is 70.0 Å². The summed E-state index contributed by atoms with van der Waals surface area (Å²) in [5, 5.41) is 0. The molecule has 28 heavy (non-hydrogen) atoms. The van der Waals surface area contributed by atoms with Gasteiger partial charge in [-0.25, -0.2) is 0 Å². The predicted molar refractivity (Wildman–Crippen MR) is 110 cm³/mol. The Bertz CT molecular complexity index is 839. The van der Waals surface area contributed by atoms with E-state index in [9.17, 15) is 19.2 Å². The SMILES string of the molecule is CC(=O)CSC(SCC(C)=O)=C(C(=O)c1cccnc1)C(=O)c1cccnc1. The number of nitrogens with zero attached hydrogens (tertiary/aromatic N) is 2. The summed E-state index contributed by atoms with van der Waals surface area (Å²) < 4.78 is 0.341. The Morgan fingerprint density at radius 2 is 1.21 bits per heavy atom. The molecular formula is C20H18N2O4S2. The van der Waals surface area contributed by atoms with Crippen molar-refractivity contribution >= 4 is 46.7 Å². The Hall–Kier alpha value is -2.58. The lowest BCUT2D eigenvalue weighted by molar-refractivity contribution is -0.115. The average Bonchev–Trinajstić information content (AvgIpc) is 2.70. The lowest BCUT2D eigenvalue weighted by Gasteiger charge is -2.13. The zero-order valence-corrected chi connectivity index (χ0v) is 17.0. The minimum atomic E-state index is -0.510. The molecule has 2 heterocycles. The van der Waals surface area contributed by atoms with Gasteiger partial charge in [0.1, 0.15) is 11.6 Å². The summed E-state index contributed by atoms with van der Waals surface area (Å²) in [4.78, 5) is 57.1. The van der Waals surface area contributed by atoms with E-state index in [0.29, 0.717) is 4.24 Å². The monoisotopic (exact) mass is 414 g/mol. The number of hydrogen-bond acceptors (Lipinski definition) is 8. The van der Waals surface area contributed by atoms with Crippen LogP contribution in [0.4, 0.5) is 0 Å². The first-order valence-electron chi connectivity index (χ1n) is 8.28. The number of thioether (sulfide) groups is 2. The third kappa shape index (κ3) is 6.24. The molecule has 0 saturated carbocycles. The van der Waals surface area contributed by atoms with Crippen LogP contribution in [0, 0.1) is 0 Å². The van der Waals surface area contributed by atoms with Gasteiger partial charge in [0.25, 0.3) is 0 Å². The number of rotatable bonds is 10. The molecule has 0 fully saturated rings. The largest absolute Gasteiger partial charge is 0.299 e. The molecule has 6 nitrogen and oxygen atoms in total. The van der Waals surface area contributed by atoms with Gasteiger partial charge in [0.15, 0.2) is 11.6 Å². The van der Waals surface area contributed by atoms with E-state index in [-0.39, 0.29) is 39.8 Å². The maximum atomic E-state index is 13.2. The number of ketones is 4. The van der Waals surface area contributed by atoms with Gasteiger partial charge in [-0.15, -0.1) is 23.5 Å². The van der Waals surface area contributed by atoms with Crippen LogP contribution in [0.15, 0.2) is 58.9 Å². The van der Waals surface area contributed by atoms with Crippen LogP contribution in [0.2, 0.25) is 0 Å². The van der Waals surface area contributed by atoms with Crippen molar-refractivity contribution in [3.8, 4) is 0 Å². The van der Waals surface area contributed by atoms with Crippen LogP contribution in [0.5, 0.6) is 0 Å². The van der Waals surface area contributed by atoms with Gasteiger partial charge >= 0.3 is 0 Å². The molecule has 0 saturated heterocycles. The van der Waals surface area contributed by atoms with E-state index in [0.717, 1.165) is 23.5 Å². The van der Waals surface area contributed by atoms with Crippen LogP contribution < -0.4 is 0 Å². The maximum absolute atomic E-state index is 13.2. The predicted octanol–water partition coefficient (Wildman–Crippen LogP) is 3.40. The van der Waals surface area contributed by atoms with Gasteiger partial charge in [0.2, 0.25) is 0 Å². The van der Waals surface area contributed by atoms with Gasteiger partial charge in [0.05, 0.1) is 21.3 Å². The lowest BCUT2D eigenvalue weighted by atomic mass is 9.99. The molecule has 0 aromatic carbocycles. The minimum Gasteiger partial charge on any atom is -0.299 e. The average molecular weight is 415 g/mol. The molecule has 0 unspecified atom stereocenters. The smallest absolute Gasteiger partial charge is 0.200 e. The number of carbonyl (C=O) groups is 4. The minimum absolute atomic E-state index is 0.0847. The Labute approximate surface area is 171 Å². The molecule has 0 aliphatic carbocycles. The van der Waals surface area contributed by atoms with Crippen molar-refractivity contribution in [2.24, 2.45) is 0 Å². The summed E-state index contributed by atoms with van der Waals surface area (Å²) >= 11 is 2.17. The van der Waals surface area contributed by atoms with Crippen LogP contribution in [-0.4, -0.2) is 44.6 Å². The van der Waals surface area contributed by atoms with Crippen LogP contribution in [-0.2, 0) is 9.59 Å². The maximum Gasteiger partial charge on any atom is 0.200 e. The Morgan fingerprint density at radius 3 is 1.54 bits per heavy atom. The molecule has 0 aliphatic heterocycles. The number of hydrogen-bond donors (Lipinski definition) is 0. The van der Waals surface area contributed by atoms with Crippen molar-refractivity contribution in [2.45, 2.75) is 13.8 Å². The zero-order chi connectivity index (χ0) is 20.5. The number of carbonyl (C=O) groups excluding carboxylic acids is 4. The normalized spacial score (nSPS) is 10.2. The Kier molecular flexibility index (Phi) is 8.28. The summed E-state index contributed by atoms with van der Waals surface area (Å²) in [6.45, 7) is 2.84. The lowest BCUT2D eigenvalue weighted by Crippen LogP contribution is -2.16. The molecule has 0 amide bonds. The van der Waals surface area contributed by atoms with Gasteiger partial charge in [-0.1, -0.05) is 0 Å². The van der Waals surface area contributed by atoms with E-state index < -0.39 is 11.6 Å². The molecule has 0 N–H and O–H groups in total. The number of Topliss-reactive ketones (excluding diaryl/α,β-unsaturated/α-hetero) is 4. The van der Waals surface area contributed by atoms with Gasteiger partial charge < -0.3 is 0 Å². The second kappa shape index (κ2) is 10.7. The molecule has 8 heteroatoms. The fourth-order valence-corrected chi connectivity index (χ4v) is 4.11. The van der Waals surface area contributed by atoms with Gasteiger partial charge in [-0.2, -0.15) is 0 Å². The third-order valence-electron chi connectivity index (χ3n) is 3.32. The first-order chi connectivity index (χ1) is 13.4. The first-order valence-corrected chi connectivity index (χ1v) is 10.3. The fraction of sp³-hybridized carbons (Fsp3) is 0.200. The second-order valence-electron chi connectivity index (χ2n) is 5.79. The number of allylic oxidation sites excluding steroid dienone is 1. The van der Waals surface area contributed by atoms with Crippen molar-refractivity contribution in [1.82, 2.24) is 9.97 Å². The molecule has 144 valence electrons. The van der Waals surface area contributed by atoms with E-state index in [4.69, 9.17) is 0 Å². The summed E-state index contributed by atoms with van der Waals surface area (Å²) in [5.41, 5.74) is 0.414. The van der Waals surface area contributed by atoms with E-state index in [2.05, 4.69) is 9.97 Å².